The van der Waals surface area contributed by atoms with Gasteiger partial charge in [-0.15, -0.1) is 0 Å². The summed E-state index contributed by atoms with van der Waals surface area (Å²) in [6, 6.07) is -0.0679. The van der Waals surface area contributed by atoms with Gasteiger partial charge in [0, 0.05) is 46.2 Å². The number of carbonyl (C=O) groups excluding carboxylic acids is 2. The third-order valence-corrected chi connectivity index (χ3v) is 2.56. The summed E-state index contributed by atoms with van der Waals surface area (Å²) in [5.41, 5.74) is 0. The van der Waals surface area contributed by atoms with Gasteiger partial charge in [-0.05, 0) is 0 Å². The van der Waals surface area contributed by atoms with E-state index in [-0.39, 0.29) is 18.0 Å². The molecule has 0 saturated carbocycles. The Labute approximate surface area is 107 Å². The van der Waals surface area contributed by atoms with Gasteiger partial charge in [-0.1, -0.05) is 0 Å². The Bertz CT molecular complexity index is 277. The monoisotopic (exact) mass is 258 g/mol. The average Bonchev–Trinajstić information content (AvgIpc) is 2.35. The van der Waals surface area contributed by atoms with E-state index in [1.54, 1.807) is 14.1 Å². The van der Waals surface area contributed by atoms with Crippen molar-refractivity contribution in [1.82, 2.24) is 20.9 Å². The molecule has 7 nitrogen and oxygen atoms in total. The molecule has 7 heteroatoms. The van der Waals surface area contributed by atoms with Gasteiger partial charge in [0.15, 0.2) is 0 Å². The molecule has 18 heavy (non-hydrogen) atoms. The first-order chi connectivity index (χ1) is 8.59. The molecule has 0 radical (unpaired) electrons. The molecule has 1 atom stereocenters. The Balaban J connectivity index is 2.04. The Morgan fingerprint density at radius 2 is 2.06 bits per heavy atom. The van der Waals surface area contributed by atoms with E-state index >= 15 is 0 Å². The number of amides is 3. The third-order valence-electron chi connectivity index (χ3n) is 2.56. The number of nitrogens with zero attached hydrogens (tertiary/aromatic N) is 1. The summed E-state index contributed by atoms with van der Waals surface area (Å²) in [7, 11) is 3.34. The van der Waals surface area contributed by atoms with E-state index in [0.29, 0.717) is 32.7 Å². The minimum Gasteiger partial charge on any atom is -0.378 e. The van der Waals surface area contributed by atoms with Gasteiger partial charge in [-0.2, -0.15) is 0 Å². The lowest BCUT2D eigenvalue weighted by Gasteiger charge is -2.23. The van der Waals surface area contributed by atoms with Gasteiger partial charge in [-0.25, -0.2) is 4.79 Å². The van der Waals surface area contributed by atoms with Gasteiger partial charge in [0.2, 0.25) is 5.91 Å². The second-order valence-electron chi connectivity index (χ2n) is 4.41. The zero-order valence-electron chi connectivity index (χ0n) is 11.0. The van der Waals surface area contributed by atoms with Gasteiger partial charge >= 0.3 is 6.03 Å². The molecule has 1 heterocycles. The molecule has 0 aliphatic carbocycles. The zero-order valence-corrected chi connectivity index (χ0v) is 11.0. The summed E-state index contributed by atoms with van der Waals surface area (Å²) in [5.74, 6) is -0.0305. The van der Waals surface area contributed by atoms with Crippen LogP contribution < -0.4 is 16.0 Å². The second kappa shape index (κ2) is 7.88. The van der Waals surface area contributed by atoms with Crippen LogP contribution in [0.15, 0.2) is 0 Å². The molecular weight excluding hydrogens is 236 g/mol. The fourth-order valence-electron chi connectivity index (χ4n) is 1.58. The van der Waals surface area contributed by atoms with Crippen molar-refractivity contribution < 1.29 is 14.3 Å². The number of rotatable bonds is 5. The number of hydrogen-bond donors (Lipinski definition) is 3. The summed E-state index contributed by atoms with van der Waals surface area (Å²) in [4.78, 5) is 24.2. The number of ether oxygens (including phenoxy) is 1. The fourth-order valence-corrected chi connectivity index (χ4v) is 1.58. The molecule has 1 aliphatic heterocycles. The lowest BCUT2D eigenvalue weighted by Crippen LogP contribution is -2.45. The summed E-state index contributed by atoms with van der Waals surface area (Å²) in [6.07, 6.45) is 0.404. The first-order valence-electron chi connectivity index (χ1n) is 6.12. The van der Waals surface area contributed by atoms with Crippen LogP contribution in [0, 0.1) is 0 Å². The first-order valence-corrected chi connectivity index (χ1v) is 6.12. The van der Waals surface area contributed by atoms with Gasteiger partial charge < -0.3 is 25.6 Å². The van der Waals surface area contributed by atoms with Gasteiger partial charge in [-0.3, -0.25) is 4.79 Å². The topological polar surface area (TPSA) is 82.7 Å². The van der Waals surface area contributed by atoms with Crippen molar-refractivity contribution >= 4 is 11.9 Å². The second-order valence-corrected chi connectivity index (χ2v) is 4.41. The van der Waals surface area contributed by atoms with Crippen LogP contribution in [0.5, 0.6) is 0 Å². The predicted molar refractivity (Wildman–Crippen MR) is 67.3 cm³/mol. The molecule has 0 bridgehead atoms. The Morgan fingerprint density at radius 3 is 2.67 bits per heavy atom. The zero-order chi connectivity index (χ0) is 13.4. The van der Waals surface area contributed by atoms with Crippen LogP contribution in [0.1, 0.15) is 6.42 Å². The lowest BCUT2D eigenvalue weighted by molar-refractivity contribution is -0.122. The number of hydrogen-bond acceptors (Lipinski definition) is 4. The van der Waals surface area contributed by atoms with E-state index in [2.05, 4.69) is 16.0 Å². The third kappa shape index (κ3) is 5.83. The van der Waals surface area contributed by atoms with E-state index in [4.69, 9.17) is 4.74 Å². The molecule has 3 N–H and O–H groups in total. The quantitative estimate of drug-likeness (QED) is 0.538. The largest absolute Gasteiger partial charge is 0.378 e. The van der Waals surface area contributed by atoms with E-state index in [1.807, 2.05) is 0 Å². The van der Waals surface area contributed by atoms with Crippen molar-refractivity contribution in [3.63, 3.8) is 0 Å². The van der Waals surface area contributed by atoms with Crippen LogP contribution in [0.25, 0.3) is 0 Å². The molecule has 0 aromatic heterocycles. The normalized spacial score (nSPS) is 19.1. The predicted octanol–water partition coefficient (Wildman–Crippen LogP) is -1.25. The molecule has 0 spiro atoms. The SMILES string of the molecule is CN(C)C(=O)NCCNC(=O)CC1COCCN1. The van der Waals surface area contributed by atoms with Crippen molar-refractivity contribution in [2.75, 3.05) is 46.9 Å². The molecule has 0 aromatic carbocycles. The molecule has 1 rings (SSSR count). The highest BCUT2D eigenvalue weighted by molar-refractivity contribution is 5.77. The molecule has 1 aliphatic rings. The molecular formula is C11H22N4O3. The first kappa shape index (κ1) is 14.7. The van der Waals surface area contributed by atoms with Crippen molar-refractivity contribution in [2.24, 2.45) is 0 Å². The standard InChI is InChI=1S/C11H22N4O3/c1-15(2)11(17)14-4-3-13-10(16)7-9-8-18-6-5-12-9/h9,12H,3-8H2,1-2H3,(H,13,16)(H,14,17). The average molecular weight is 258 g/mol. The number of nitrogens with one attached hydrogen (secondary N) is 3. The summed E-state index contributed by atoms with van der Waals surface area (Å²) >= 11 is 0. The molecule has 0 aromatic rings. The van der Waals surface area contributed by atoms with Crippen molar-refractivity contribution in [2.45, 2.75) is 12.5 Å². The number of morpholine rings is 1. The highest BCUT2D eigenvalue weighted by atomic mass is 16.5. The molecule has 104 valence electrons. The van der Waals surface area contributed by atoms with E-state index in [1.165, 1.54) is 4.90 Å². The van der Waals surface area contributed by atoms with E-state index < -0.39 is 0 Å². The molecule has 1 fully saturated rings. The lowest BCUT2D eigenvalue weighted by atomic mass is 10.2. The number of carbonyl (C=O) groups is 2. The van der Waals surface area contributed by atoms with Crippen LogP contribution in [0.2, 0.25) is 0 Å². The molecule has 3 amide bonds. The van der Waals surface area contributed by atoms with Crippen molar-refractivity contribution in [3.05, 3.63) is 0 Å². The molecule has 1 unspecified atom stereocenters. The minimum absolute atomic E-state index is 0.0305. The number of urea groups is 1. The summed E-state index contributed by atoms with van der Waals surface area (Å²) in [5, 5.41) is 8.64. The summed E-state index contributed by atoms with van der Waals surface area (Å²) < 4.78 is 5.26. The maximum Gasteiger partial charge on any atom is 0.316 e. The van der Waals surface area contributed by atoms with E-state index in [9.17, 15) is 9.59 Å². The maximum atomic E-state index is 11.6. The summed E-state index contributed by atoms with van der Waals surface area (Å²) in [6.45, 7) is 2.93. The van der Waals surface area contributed by atoms with Crippen molar-refractivity contribution in [3.8, 4) is 0 Å². The molecule has 1 saturated heterocycles. The van der Waals surface area contributed by atoms with Gasteiger partial charge in [0.25, 0.3) is 0 Å². The van der Waals surface area contributed by atoms with E-state index in [0.717, 1.165) is 6.54 Å². The van der Waals surface area contributed by atoms with Crippen LogP contribution in [-0.2, 0) is 9.53 Å². The highest BCUT2D eigenvalue weighted by Crippen LogP contribution is 1.97. The van der Waals surface area contributed by atoms with Crippen LogP contribution in [0.3, 0.4) is 0 Å². The van der Waals surface area contributed by atoms with Crippen LogP contribution in [0.4, 0.5) is 4.79 Å². The smallest absolute Gasteiger partial charge is 0.316 e. The Hall–Kier alpha value is -1.34. The minimum atomic E-state index is -0.161. The van der Waals surface area contributed by atoms with Gasteiger partial charge in [0.1, 0.15) is 0 Å². The van der Waals surface area contributed by atoms with Crippen molar-refractivity contribution in [1.29, 1.82) is 0 Å². The Morgan fingerprint density at radius 1 is 1.33 bits per heavy atom. The fraction of sp³-hybridized carbons (Fsp3) is 0.818. The Kier molecular flexibility index (Phi) is 6.45. The highest BCUT2D eigenvalue weighted by Gasteiger charge is 2.16. The van der Waals surface area contributed by atoms with Crippen LogP contribution >= 0.6 is 0 Å². The van der Waals surface area contributed by atoms with Crippen LogP contribution in [-0.4, -0.2) is 69.8 Å². The maximum absolute atomic E-state index is 11.6. The van der Waals surface area contributed by atoms with Gasteiger partial charge in [0.05, 0.1) is 13.2 Å².